The Balaban J connectivity index is 1.95. The number of aromatic nitrogens is 1. The van der Waals surface area contributed by atoms with E-state index in [9.17, 15) is 14.7 Å². The van der Waals surface area contributed by atoms with E-state index in [4.69, 9.17) is 4.74 Å². The minimum atomic E-state index is -0.664. The van der Waals surface area contributed by atoms with E-state index in [1.54, 1.807) is 48.8 Å². The molecule has 3 aromatic rings. The van der Waals surface area contributed by atoms with Crippen molar-refractivity contribution in [1.29, 1.82) is 0 Å². The topological polar surface area (TPSA) is 84.1 Å². The normalized spacial score (nSPS) is 15.8. The second kappa shape index (κ2) is 9.07. The van der Waals surface area contributed by atoms with Crippen LogP contribution in [0.5, 0.6) is 5.75 Å². The molecule has 1 aromatic heterocycles. The largest absolute Gasteiger partial charge is 0.507 e. The second-order valence-electron chi connectivity index (χ2n) is 7.85. The molecular weight excluding hydrogens is 438 g/mol. The van der Waals surface area contributed by atoms with E-state index < -0.39 is 12.0 Å². The molecule has 170 valence electrons. The number of carbonyl (C=O) groups is 1. The first-order valence-electron chi connectivity index (χ1n) is 10.6. The zero-order chi connectivity index (χ0) is 23.7. The fourth-order valence-corrected chi connectivity index (χ4v) is 4.85. The molecule has 0 radical (unpaired) electrons. The van der Waals surface area contributed by atoms with Crippen molar-refractivity contribution in [2.45, 2.75) is 19.9 Å². The number of ether oxygens (including phenoxy) is 1. The molecule has 2 heterocycles. The Kier molecular flexibility index (Phi) is 6.20. The summed E-state index contributed by atoms with van der Waals surface area (Å²) in [4.78, 5) is 33.5. The van der Waals surface area contributed by atoms with Gasteiger partial charge in [0.15, 0.2) is 4.80 Å². The zero-order valence-electron chi connectivity index (χ0n) is 18.9. The van der Waals surface area contributed by atoms with Crippen LogP contribution in [0.15, 0.2) is 69.6 Å². The fourth-order valence-electron chi connectivity index (χ4n) is 3.81. The van der Waals surface area contributed by atoms with Gasteiger partial charge in [0.1, 0.15) is 5.75 Å². The van der Waals surface area contributed by atoms with E-state index in [1.165, 1.54) is 11.3 Å². The van der Waals surface area contributed by atoms with Crippen molar-refractivity contribution in [3.05, 3.63) is 90.6 Å². The molecule has 2 aromatic carbocycles. The standard InChI is InChI=1S/C25H25N3O4S/c1-5-32-24(31)21-15(2)26-25-28(22(21)16-10-12-18(13-11-16)27(3)4)23(30)20(33-25)14-17-8-6-7-9-19(17)29/h6-14,22,29H,5H2,1-4H3/b20-14-/t22-/m1/s1. The first kappa shape index (κ1) is 22.5. The average molecular weight is 464 g/mol. The van der Waals surface area contributed by atoms with Crippen LogP contribution in [-0.2, 0) is 9.53 Å². The summed E-state index contributed by atoms with van der Waals surface area (Å²) in [6, 6.07) is 13.9. The van der Waals surface area contributed by atoms with Crippen molar-refractivity contribution in [1.82, 2.24) is 4.57 Å². The van der Waals surface area contributed by atoms with E-state index in [1.807, 2.05) is 43.3 Å². The third kappa shape index (κ3) is 4.21. The van der Waals surface area contributed by atoms with Gasteiger partial charge < -0.3 is 14.7 Å². The molecule has 7 nitrogen and oxygen atoms in total. The monoisotopic (exact) mass is 463 g/mol. The third-order valence-corrected chi connectivity index (χ3v) is 6.45. The lowest BCUT2D eigenvalue weighted by molar-refractivity contribution is -0.139. The number of para-hydroxylation sites is 1. The Morgan fingerprint density at radius 2 is 1.91 bits per heavy atom. The van der Waals surface area contributed by atoms with Gasteiger partial charge in [0.25, 0.3) is 5.56 Å². The van der Waals surface area contributed by atoms with Crippen molar-refractivity contribution in [2.24, 2.45) is 4.99 Å². The Bertz CT molecular complexity index is 1420. The number of hydrogen-bond donors (Lipinski definition) is 1. The van der Waals surface area contributed by atoms with Gasteiger partial charge in [0.05, 0.1) is 28.5 Å². The number of allylic oxidation sites excluding steroid dienone is 1. The number of esters is 1. The molecule has 0 fully saturated rings. The number of aromatic hydroxyl groups is 1. The second-order valence-corrected chi connectivity index (χ2v) is 8.86. The predicted molar refractivity (Wildman–Crippen MR) is 129 cm³/mol. The van der Waals surface area contributed by atoms with Crippen LogP contribution >= 0.6 is 11.3 Å². The van der Waals surface area contributed by atoms with Crippen LogP contribution in [0.1, 0.15) is 31.0 Å². The summed E-state index contributed by atoms with van der Waals surface area (Å²) in [5.41, 5.74) is 2.91. The van der Waals surface area contributed by atoms with Gasteiger partial charge in [-0.3, -0.25) is 9.36 Å². The Hall–Kier alpha value is -3.65. The predicted octanol–water partition coefficient (Wildman–Crippen LogP) is 2.57. The van der Waals surface area contributed by atoms with Crippen molar-refractivity contribution in [3.8, 4) is 5.75 Å². The maximum Gasteiger partial charge on any atom is 0.338 e. The highest BCUT2D eigenvalue weighted by Gasteiger charge is 2.33. The molecule has 0 saturated carbocycles. The van der Waals surface area contributed by atoms with E-state index in [0.717, 1.165) is 11.3 Å². The van der Waals surface area contributed by atoms with Crippen LogP contribution in [0.4, 0.5) is 5.69 Å². The van der Waals surface area contributed by atoms with E-state index in [2.05, 4.69) is 4.99 Å². The van der Waals surface area contributed by atoms with Crippen LogP contribution in [0.3, 0.4) is 0 Å². The van der Waals surface area contributed by atoms with Gasteiger partial charge >= 0.3 is 5.97 Å². The molecular formula is C25H25N3O4S. The minimum absolute atomic E-state index is 0.0857. The maximum absolute atomic E-state index is 13.5. The first-order valence-corrected chi connectivity index (χ1v) is 11.4. The van der Waals surface area contributed by atoms with E-state index in [0.29, 0.717) is 26.2 Å². The summed E-state index contributed by atoms with van der Waals surface area (Å²) in [6.45, 7) is 3.73. The lowest BCUT2D eigenvalue weighted by atomic mass is 9.95. The summed E-state index contributed by atoms with van der Waals surface area (Å²) in [5.74, 6) is -0.405. The van der Waals surface area contributed by atoms with Crippen molar-refractivity contribution < 1.29 is 14.6 Å². The number of nitrogens with zero attached hydrogens (tertiary/aromatic N) is 3. The van der Waals surface area contributed by atoms with Gasteiger partial charge in [-0.1, -0.05) is 41.7 Å². The average Bonchev–Trinajstić information content (AvgIpc) is 3.09. The van der Waals surface area contributed by atoms with Crippen LogP contribution in [0, 0.1) is 0 Å². The molecule has 1 atom stereocenters. The highest BCUT2D eigenvalue weighted by Crippen LogP contribution is 2.31. The van der Waals surface area contributed by atoms with Gasteiger partial charge in [-0.2, -0.15) is 0 Å². The number of benzene rings is 2. The van der Waals surface area contributed by atoms with Gasteiger partial charge in [-0.15, -0.1) is 0 Å². The van der Waals surface area contributed by atoms with Gasteiger partial charge in [-0.05, 0) is 43.7 Å². The van der Waals surface area contributed by atoms with Crippen molar-refractivity contribution in [3.63, 3.8) is 0 Å². The lowest BCUT2D eigenvalue weighted by Crippen LogP contribution is -2.39. The molecule has 0 unspecified atom stereocenters. The molecule has 4 rings (SSSR count). The summed E-state index contributed by atoms with van der Waals surface area (Å²) in [7, 11) is 3.90. The van der Waals surface area contributed by atoms with Crippen LogP contribution in [0.2, 0.25) is 0 Å². The number of anilines is 1. The molecule has 0 bridgehead atoms. The number of thiazole rings is 1. The Morgan fingerprint density at radius 1 is 1.21 bits per heavy atom. The Labute approximate surface area is 195 Å². The fraction of sp³-hybridized carbons (Fsp3) is 0.240. The summed E-state index contributed by atoms with van der Waals surface area (Å²) < 4.78 is 7.28. The highest BCUT2D eigenvalue weighted by atomic mass is 32.1. The summed E-state index contributed by atoms with van der Waals surface area (Å²) in [5, 5.41) is 10.1. The molecule has 0 aliphatic carbocycles. The minimum Gasteiger partial charge on any atom is -0.507 e. The van der Waals surface area contributed by atoms with Gasteiger partial charge in [0, 0.05) is 25.3 Å². The van der Waals surface area contributed by atoms with E-state index >= 15 is 0 Å². The quantitative estimate of drug-likeness (QED) is 0.588. The third-order valence-electron chi connectivity index (χ3n) is 5.47. The number of phenolic OH excluding ortho intramolecular Hbond substituents is 1. The van der Waals surface area contributed by atoms with E-state index in [-0.39, 0.29) is 17.9 Å². The molecule has 0 spiro atoms. The van der Waals surface area contributed by atoms with Crippen LogP contribution in [0.25, 0.3) is 6.08 Å². The first-order chi connectivity index (χ1) is 15.8. The molecule has 0 amide bonds. The molecule has 1 N–H and O–H groups in total. The SMILES string of the molecule is CCOC(=O)C1=C(C)N=c2s/c(=C\c3ccccc3O)c(=O)n2[C@@H]1c1ccc(N(C)C)cc1. The zero-order valence-corrected chi connectivity index (χ0v) is 19.7. The van der Waals surface area contributed by atoms with Crippen LogP contribution < -0.4 is 19.8 Å². The van der Waals surface area contributed by atoms with Crippen molar-refractivity contribution in [2.75, 3.05) is 25.6 Å². The number of phenols is 1. The molecule has 0 saturated heterocycles. The number of rotatable bonds is 5. The number of fused-ring (bicyclic) bond motifs is 1. The Morgan fingerprint density at radius 3 is 2.55 bits per heavy atom. The van der Waals surface area contributed by atoms with Crippen LogP contribution in [-0.4, -0.2) is 36.3 Å². The number of hydrogen-bond acceptors (Lipinski definition) is 7. The van der Waals surface area contributed by atoms with Crippen molar-refractivity contribution >= 4 is 29.1 Å². The lowest BCUT2D eigenvalue weighted by Gasteiger charge is -2.25. The van der Waals surface area contributed by atoms with Gasteiger partial charge in [0.2, 0.25) is 0 Å². The maximum atomic E-state index is 13.5. The summed E-state index contributed by atoms with van der Waals surface area (Å²) >= 11 is 1.23. The molecule has 33 heavy (non-hydrogen) atoms. The number of carbonyl (C=O) groups excluding carboxylic acids is 1. The molecule has 8 heteroatoms. The molecule has 1 aliphatic heterocycles. The summed E-state index contributed by atoms with van der Waals surface area (Å²) in [6.07, 6.45) is 1.65. The highest BCUT2D eigenvalue weighted by molar-refractivity contribution is 7.07. The molecule has 1 aliphatic rings. The van der Waals surface area contributed by atoms with Gasteiger partial charge in [-0.25, -0.2) is 9.79 Å². The smallest absolute Gasteiger partial charge is 0.338 e.